The van der Waals surface area contributed by atoms with Crippen LogP contribution in [0.25, 0.3) is 0 Å². The number of ether oxygens (including phenoxy) is 5. The molecule has 0 bridgehead atoms. The number of aliphatic carboxylic acids is 1. The zero-order valence-electron chi connectivity index (χ0n) is 18.2. The van der Waals surface area contributed by atoms with Crippen molar-refractivity contribution in [3.63, 3.8) is 0 Å². The van der Waals surface area contributed by atoms with Crippen molar-refractivity contribution in [2.45, 2.75) is 24.7 Å². The Morgan fingerprint density at radius 2 is 1.67 bits per heavy atom. The van der Waals surface area contributed by atoms with Crippen LogP contribution >= 0.6 is 0 Å². The molecule has 4 atom stereocenters. The average Bonchev–Trinajstić information content (AvgIpc) is 3.42. The smallest absolute Gasteiger partial charge is 0.310 e. The molecule has 9 heteroatoms. The van der Waals surface area contributed by atoms with E-state index in [0.717, 1.165) is 11.1 Å². The van der Waals surface area contributed by atoms with Crippen LogP contribution in [0, 0.1) is 11.8 Å². The second-order valence-corrected chi connectivity index (χ2v) is 8.44. The molecule has 5 rings (SSSR count). The number of methoxy groups -OCH3 is 2. The Morgan fingerprint density at radius 3 is 2.27 bits per heavy atom. The number of hydrogen-bond acceptors (Lipinski definition) is 8. The predicted octanol–water partition coefficient (Wildman–Crippen LogP) is 3.02. The van der Waals surface area contributed by atoms with E-state index in [1.165, 1.54) is 14.2 Å². The third-order valence-corrected chi connectivity index (χ3v) is 6.87. The first-order chi connectivity index (χ1) is 15.9. The lowest BCUT2D eigenvalue weighted by Crippen LogP contribution is -2.35. The summed E-state index contributed by atoms with van der Waals surface area (Å²) in [5.41, 5.74) is 2.47. The second-order valence-electron chi connectivity index (χ2n) is 8.44. The lowest BCUT2D eigenvalue weighted by atomic mass is 9.62. The number of carbonyl (C=O) groups excluding carboxylic acids is 1. The van der Waals surface area contributed by atoms with Gasteiger partial charge in [0.05, 0.1) is 26.7 Å². The van der Waals surface area contributed by atoms with Crippen molar-refractivity contribution >= 4 is 11.9 Å². The SMILES string of the molecule is COc1cc([C@@H]2c3cc4c(cc3[C@@H](CCC(=O)O)[C@H]3COC(=O)[C@H]23)OCO4)cc(OC)c1O. The first-order valence-corrected chi connectivity index (χ1v) is 10.7. The maximum Gasteiger partial charge on any atom is 0.310 e. The Kier molecular flexibility index (Phi) is 5.19. The van der Waals surface area contributed by atoms with Crippen LogP contribution < -0.4 is 18.9 Å². The number of esters is 1. The standard InChI is InChI=1S/C24H24O9/c1-29-18-5-11(6-19(30-2)23(18)27)21-14-8-17-16(32-10-33-17)7-13(14)12(3-4-20(25)26)15-9-31-24(28)22(15)21/h5-8,12,15,21-22,27H,3-4,9-10H2,1-2H3,(H,25,26)/t12-,15-,21-,22+/m1/s1. The summed E-state index contributed by atoms with van der Waals surface area (Å²) in [7, 11) is 2.89. The molecule has 3 aliphatic rings. The fourth-order valence-electron chi connectivity index (χ4n) is 5.42. The highest BCUT2D eigenvalue weighted by molar-refractivity contribution is 5.79. The van der Waals surface area contributed by atoms with Crippen molar-refractivity contribution in [2.24, 2.45) is 11.8 Å². The molecule has 2 N–H and O–H groups in total. The zero-order chi connectivity index (χ0) is 23.3. The Hall–Kier alpha value is -3.62. The first kappa shape index (κ1) is 21.2. The van der Waals surface area contributed by atoms with Crippen LogP contribution in [0.1, 0.15) is 41.4 Å². The number of benzene rings is 2. The molecule has 0 saturated carbocycles. The summed E-state index contributed by atoms with van der Waals surface area (Å²) >= 11 is 0. The summed E-state index contributed by atoms with van der Waals surface area (Å²) in [5.74, 6) is -1.11. The van der Waals surface area contributed by atoms with Crippen LogP contribution in [-0.2, 0) is 14.3 Å². The van der Waals surface area contributed by atoms with Crippen LogP contribution in [0.2, 0.25) is 0 Å². The van der Waals surface area contributed by atoms with Crippen LogP contribution in [-0.4, -0.2) is 49.8 Å². The van der Waals surface area contributed by atoms with Crippen LogP contribution in [0.15, 0.2) is 24.3 Å². The molecule has 2 aromatic rings. The van der Waals surface area contributed by atoms with Crippen molar-refractivity contribution in [1.29, 1.82) is 0 Å². The van der Waals surface area contributed by atoms with E-state index in [9.17, 15) is 19.8 Å². The molecule has 1 fully saturated rings. The highest BCUT2D eigenvalue weighted by Gasteiger charge is 2.52. The Labute approximate surface area is 189 Å². The third kappa shape index (κ3) is 3.39. The topological polar surface area (TPSA) is 121 Å². The monoisotopic (exact) mass is 456 g/mol. The number of carbonyl (C=O) groups is 2. The van der Waals surface area contributed by atoms with E-state index >= 15 is 0 Å². The molecule has 9 nitrogen and oxygen atoms in total. The number of aromatic hydroxyl groups is 1. The molecule has 0 unspecified atom stereocenters. The summed E-state index contributed by atoms with van der Waals surface area (Å²) in [4.78, 5) is 24.4. The van der Waals surface area contributed by atoms with Crippen LogP contribution in [0.4, 0.5) is 0 Å². The second kappa shape index (κ2) is 8.06. The Morgan fingerprint density at radius 1 is 1.03 bits per heavy atom. The minimum Gasteiger partial charge on any atom is -0.502 e. The Balaban J connectivity index is 1.72. The highest BCUT2D eigenvalue weighted by atomic mass is 16.7. The van der Waals surface area contributed by atoms with Gasteiger partial charge in [0.25, 0.3) is 0 Å². The van der Waals surface area contributed by atoms with Gasteiger partial charge < -0.3 is 33.9 Å². The number of rotatable bonds is 6. The number of carboxylic acids is 1. The fraction of sp³-hybridized carbons (Fsp3) is 0.417. The summed E-state index contributed by atoms with van der Waals surface area (Å²) < 4.78 is 27.4. The molecule has 0 amide bonds. The fourth-order valence-corrected chi connectivity index (χ4v) is 5.42. The van der Waals surface area contributed by atoms with Crippen molar-refractivity contribution < 1.29 is 43.5 Å². The van der Waals surface area contributed by atoms with Gasteiger partial charge in [0, 0.05) is 18.3 Å². The van der Waals surface area contributed by atoms with E-state index < -0.39 is 17.8 Å². The average molecular weight is 456 g/mol. The number of phenolic OH excluding ortho intramolecular Hbond substituents is 1. The van der Waals surface area contributed by atoms with Gasteiger partial charge in [-0.15, -0.1) is 0 Å². The lowest BCUT2D eigenvalue weighted by Gasteiger charge is -2.39. The Bertz CT molecular complexity index is 1100. The molecule has 0 aromatic heterocycles. The van der Waals surface area contributed by atoms with Gasteiger partial charge in [-0.25, -0.2) is 0 Å². The van der Waals surface area contributed by atoms with E-state index in [4.69, 9.17) is 23.7 Å². The van der Waals surface area contributed by atoms with Gasteiger partial charge >= 0.3 is 11.9 Å². The van der Waals surface area contributed by atoms with Crippen molar-refractivity contribution in [3.8, 4) is 28.7 Å². The number of cyclic esters (lactones) is 1. The van der Waals surface area contributed by atoms with Gasteiger partial charge in [0.2, 0.25) is 12.5 Å². The molecule has 2 aliphatic heterocycles. The van der Waals surface area contributed by atoms with Gasteiger partial charge in [-0.3, -0.25) is 9.59 Å². The van der Waals surface area contributed by atoms with E-state index in [2.05, 4.69) is 0 Å². The molecule has 2 aromatic carbocycles. The van der Waals surface area contributed by atoms with Gasteiger partial charge in [0.1, 0.15) is 0 Å². The number of phenols is 1. The van der Waals surface area contributed by atoms with Crippen molar-refractivity contribution in [3.05, 3.63) is 41.0 Å². The number of carboxylic acid groups (broad SMARTS) is 1. The molecule has 2 heterocycles. The highest BCUT2D eigenvalue weighted by Crippen LogP contribution is 2.57. The number of hydrogen-bond donors (Lipinski definition) is 2. The largest absolute Gasteiger partial charge is 0.502 e. The molecule has 0 radical (unpaired) electrons. The minimum absolute atomic E-state index is 0.0263. The van der Waals surface area contributed by atoms with Crippen molar-refractivity contribution in [2.75, 3.05) is 27.6 Å². The molecule has 0 spiro atoms. The predicted molar refractivity (Wildman–Crippen MR) is 113 cm³/mol. The number of fused-ring (bicyclic) bond motifs is 3. The van der Waals surface area contributed by atoms with E-state index in [-0.39, 0.29) is 54.9 Å². The quantitative estimate of drug-likeness (QED) is 0.632. The summed E-state index contributed by atoms with van der Waals surface area (Å²) in [5, 5.41) is 19.7. The van der Waals surface area contributed by atoms with Gasteiger partial charge in [-0.1, -0.05) is 0 Å². The molecular weight excluding hydrogens is 432 g/mol. The van der Waals surface area contributed by atoms with Crippen LogP contribution in [0.3, 0.4) is 0 Å². The van der Waals surface area contributed by atoms with E-state index in [0.29, 0.717) is 23.5 Å². The third-order valence-electron chi connectivity index (χ3n) is 6.87. The van der Waals surface area contributed by atoms with Gasteiger partial charge in [-0.05, 0) is 53.3 Å². The maximum atomic E-state index is 13.0. The van der Waals surface area contributed by atoms with Crippen LogP contribution in [0.5, 0.6) is 28.7 Å². The summed E-state index contributed by atoms with van der Waals surface area (Å²) in [6, 6.07) is 7.14. The lowest BCUT2D eigenvalue weighted by molar-refractivity contribution is -0.141. The maximum absolute atomic E-state index is 13.0. The molecule has 174 valence electrons. The van der Waals surface area contributed by atoms with Gasteiger partial charge in [0.15, 0.2) is 23.0 Å². The van der Waals surface area contributed by atoms with Gasteiger partial charge in [-0.2, -0.15) is 0 Å². The molecular formula is C24H24O9. The zero-order valence-corrected chi connectivity index (χ0v) is 18.2. The summed E-state index contributed by atoms with van der Waals surface area (Å²) in [6.45, 7) is 0.308. The summed E-state index contributed by atoms with van der Waals surface area (Å²) in [6.07, 6.45) is 0.343. The minimum atomic E-state index is -0.894. The molecule has 1 aliphatic carbocycles. The molecule has 1 saturated heterocycles. The van der Waals surface area contributed by atoms with E-state index in [1.807, 2.05) is 12.1 Å². The first-order valence-electron chi connectivity index (χ1n) is 10.7. The molecule has 33 heavy (non-hydrogen) atoms. The van der Waals surface area contributed by atoms with Crippen molar-refractivity contribution in [1.82, 2.24) is 0 Å². The normalized spacial score (nSPS) is 24.6. The van der Waals surface area contributed by atoms with E-state index in [1.54, 1.807) is 12.1 Å².